The first kappa shape index (κ1) is 24.4. The zero-order valence-corrected chi connectivity index (χ0v) is 20.8. The van der Waals surface area contributed by atoms with Gasteiger partial charge in [-0.1, -0.05) is 64.7 Å². The van der Waals surface area contributed by atoms with Crippen LogP contribution in [0.3, 0.4) is 0 Å². The lowest BCUT2D eigenvalue weighted by molar-refractivity contribution is -0.118. The summed E-state index contributed by atoms with van der Waals surface area (Å²) >= 11 is 10.5. The molecule has 0 unspecified atom stereocenters. The molecule has 3 rings (SSSR count). The zero-order valence-electron chi connectivity index (χ0n) is 17.6. The number of methoxy groups -OCH3 is 2. The number of benzene rings is 2. The second-order valence-corrected chi connectivity index (χ2v) is 10.1. The maximum Gasteiger partial charge on any atom is 0.250 e. The topological polar surface area (TPSA) is 85.7 Å². The molecule has 1 N–H and O–H groups in total. The van der Waals surface area contributed by atoms with Crippen molar-refractivity contribution in [3.63, 3.8) is 0 Å². The van der Waals surface area contributed by atoms with Crippen molar-refractivity contribution in [1.29, 1.82) is 0 Å². The molecule has 1 amide bonds. The number of hydrazone groups is 1. The third-order valence-corrected chi connectivity index (χ3v) is 7.78. The van der Waals surface area contributed by atoms with E-state index in [1.54, 1.807) is 32.0 Å². The molecule has 1 heterocycles. The van der Waals surface area contributed by atoms with Gasteiger partial charge in [0.05, 0.1) is 25.7 Å². The first-order valence-electron chi connectivity index (χ1n) is 9.38. The average Bonchev–Trinajstić information content (AvgIpc) is 3.28. The van der Waals surface area contributed by atoms with Crippen LogP contribution < -0.4 is 14.9 Å². The molecular formula is C21H21ClN4O3S3. The van der Waals surface area contributed by atoms with E-state index in [0.717, 1.165) is 24.8 Å². The number of carbonyl (C=O) groups excluding carboxylic acids is 1. The van der Waals surface area contributed by atoms with E-state index in [1.807, 2.05) is 43.3 Å². The van der Waals surface area contributed by atoms with Gasteiger partial charge in [-0.2, -0.15) is 5.10 Å². The fourth-order valence-electron chi connectivity index (χ4n) is 2.50. The third kappa shape index (κ3) is 6.86. The maximum atomic E-state index is 12.2. The number of thioether (sulfide) groups is 2. The summed E-state index contributed by atoms with van der Waals surface area (Å²) in [5, 5.41) is 13.2. The minimum absolute atomic E-state index is 0.187. The van der Waals surface area contributed by atoms with Crippen LogP contribution in [0.15, 0.2) is 56.2 Å². The van der Waals surface area contributed by atoms with E-state index >= 15 is 0 Å². The van der Waals surface area contributed by atoms with Crippen molar-refractivity contribution >= 4 is 58.1 Å². The summed E-state index contributed by atoms with van der Waals surface area (Å²) in [6.07, 6.45) is 0. The standard InChI is InChI=1S/C21H21ClN4O3S3/c1-13(14-8-9-17(28-2)18(10-14)29-3)23-24-19(27)12-31-21-26-25-20(32-21)30-11-15-6-4-5-7-16(15)22/h4-10H,11-12H2,1-3H3,(H,24,27)/b23-13-. The number of ether oxygens (including phenoxy) is 2. The van der Waals surface area contributed by atoms with Crippen LogP contribution in [0.4, 0.5) is 0 Å². The molecule has 168 valence electrons. The van der Waals surface area contributed by atoms with Crippen molar-refractivity contribution in [2.24, 2.45) is 5.10 Å². The number of rotatable bonds is 10. The van der Waals surface area contributed by atoms with Gasteiger partial charge in [-0.25, -0.2) is 5.43 Å². The third-order valence-electron chi connectivity index (χ3n) is 4.17. The van der Waals surface area contributed by atoms with Crippen LogP contribution >= 0.6 is 46.5 Å². The van der Waals surface area contributed by atoms with Gasteiger partial charge in [0.25, 0.3) is 5.91 Å². The summed E-state index contributed by atoms with van der Waals surface area (Å²) in [4.78, 5) is 12.2. The van der Waals surface area contributed by atoms with Gasteiger partial charge in [0.15, 0.2) is 20.2 Å². The van der Waals surface area contributed by atoms with E-state index in [1.165, 1.54) is 23.1 Å². The number of nitrogens with one attached hydrogen (secondary N) is 1. The molecule has 0 aliphatic rings. The molecule has 0 spiro atoms. The van der Waals surface area contributed by atoms with E-state index in [4.69, 9.17) is 21.1 Å². The van der Waals surface area contributed by atoms with Crippen molar-refractivity contribution < 1.29 is 14.3 Å². The molecule has 2 aromatic carbocycles. The fraction of sp³-hybridized carbons (Fsp3) is 0.238. The highest BCUT2D eigenvalue weighted by Gasteiger charge is 2.10. The Bertz CT molecular complexity index is 1110. The Labute approximate surface area is 204 Å². The Morgan fingerprint density at radius 3 is 2.53 bits per heavy atom. The average molecular weight is 509 g/mol. The SMILES string of the molecule is COc1ccc(/C(C)=N\NC(=O)CSc2nnc(SCc3ccccc3Cl)s2)cc1OC. The van der Waals surface area contributed by atoms with Crippen LogP contribution in [0.5, 0.6) is 11.5 Å². The van der Waals surface area contributed by atoms with Crippen molar-refractivity contribution in [2.45, 2.75) is 21.4 Å². The van der Waals surface area contributed by atoms with E-state index in [-0.39, 0.29) is 11.7 Å². The number of nitrogens with zero attached hydrogens (tertiary/aromatic N) is 3. The summed E-state index contributed by atoms with van der Waals surface area (Å²) in [6.45, 7) is 1.81. The molecule has 3 aromatic rings. The summed E-state index contributed by atoms with van der Waals surface area (Å²) in [5.41, 5.74) is 5.09. The molecule has 0 atom stereocenters. The van der Waals surface area contributed by atoms with E-state index in [2.05, 4.69) is 20.7 Å². The maximum absolute atomic E-state index is 12.2. The highest BCUT2D eigenvalue weighted by Crippen LogP contribution is 2.32. The quantitative estimate of drug-likeness (QED) is 0.231. The fourth-order valence-corrected chi connectivity index (χ4v) is 5.60. The lowest BCUT2D eigenvalue weighted by Gasteiger charge is -2.09. The van der Waals surface area contributed by atoms with E-state index < -0.39 is 0 Å². The summed E-state index contributed by atoms with van der Waals surface area (Å²) in [6, 6.07) is 13.2. The van der Waals surface area contributed by atoms with Gasteiger partial charge in [-0.15, -0.1) is 10.2 Å². The molecule has 0 fully saturated rings. The number of amides is 1. The highest BCUT2D eigenvalue weighted by atomic mass is 35.5. The molecule has 0 saturated carbocycles. The minimum atomic E-state index is -0.227. The molecule has 32 heavy (non-hydrogen) atoms. The lowest BCUT2D eigenvalue weighted by Crippen LogP contribution is -2.21. The van der Waals surface area contributed by atoms with E-state index in [9.17, 15) is 4.79 Å². The highest BCUT2D eigenvalue weighted by molar-refractivity contribution is 8.03. The van der Waals surface area contributed by atoms with Crippen molar-refractivity contribution in [2.75, 3.05) is 20.0 Å². The van der Waals surface area contributed by atoms with Gasteiger partial charge in [0, 0.05) is 16.3 Å². The Balaban J connectivity index is 1.48. The molecular weight excluding hydrogens is 488 g/mol. The van der Waals surface area contributed by atoms with Crippen LogP contribution in [0.1, 0.15) is 18.1 Å². The first-order valence-corrected chi connectivity index (χ1v) is 12.5. The summed E-state index contributed by atoms with van der Waals surface area (Å²) < 4.78 is 12.1. The van der Waals surface area contributed by atoms with E-state index in [0.29, 0.717) is 23.0 Å². The van der Waals surface area contributed by atoms with Gasteiger partial charge in [0.1, 0.15) is 0 Å². The largest absolute Gasteiger partial charge is 0.493 e. The molecule has 11 heteroatoms. The number of hydrogen-bond donors (Lipinski definition) is 1. The Hall–Kier alpha value is -2.27. The number of halogens is 1. The molecule has 0 radical (unpaired) electrons. The Morgan fingerprint density at radius 2 is 1.81 bits per heavy atom. The van der Waals surface area contributed by atoms with Crippen LogP contribution in [0.2, 0.25) is 5.02 Å². The monoisotopic (exact) mass is 508 g/mol. The minimum Gasteiger partial charge on any atom is -0.493 e. The van der Waals surface area contributed by atoms with Gasteiger partial charge in [-0.05, 0) is 36.8 Å². The Kier molecular flexibility index (Phi) is 9.22. The van der Waals surface area contributed by atoms with Crippen molar-refractivity contribution in [3.05, 3.63) is 58.6 Å². The van der Waals surface area contributed by atoms with Gasteiger partial charge in [-0.3, -0.25) is 4.79 Å². The number of carbonyl (C=O) groups is 1. The summed E-state index contributed by atoms with van der Waals surface area (Å²) in [7, 11) is 3.15. The Morgan fingerprint density at radius 1 is 1.09 bits per heavy atom. The van der Waals surface area contributed by atoms with Crippen LogP contribution in [0.25, 0.3) is 0 Å². The number of aromatic nitrogens is 2. The van der Waals surface area contributed by atoms with Crippen LogP contribution in [0, 0.1) is 0 Å². The van der Waals surface area contributed by atoms with Crippen molar-refractivity contribution in [3.8, 4) is 11.5 Å². The van der Waals surface area contributed by atoms with Gasteiger partial charge >= 0.3 is 0 Å². The molecule has 0 bridgehead atoms. The normalized spacial score (nSPS) is 11.3. The lowest BCUT2D eigenvalue weighted by atomic mass is 10.1. The molecule has 0 saturated heterocycles. The van der Waals surface area contributed by atoms with Crippen molar-refractivity contribution in [1.82, 2.24) is 15.6 Å². The van der Waals surface area contributed by atoms with Gasteiger partial charge in [0.2, 0.25) is 0 Å². The summed E-state index contributed by atoms with van der Waals surface area (Å²) in [5.74, 6) is 1.90. The molecule has 7 nitrogen and oxygen atoms in total. The van der Waals surface area contributed by atoms with Crippen LogP contribution in [-0.4, -0.2) is 41.8 Å². The predicted molar refractivity (Wildman–Crippen MR) is 132 cm³/mol. The second kappa shape index (κ2) is 12.1. The predicted octanol–water partition coefficient (Wildman–Crippen LogP) is 5.13. The zero-order chi connectivity index (χ0) is 22.9. The molecule has 0 aliphatic carbocycles. The molecule has 0 aliphatic heterocycles. The smallest absolute Gasteiger partial charge is 0.250 e. The first-order chi connectivity index (χ1) is 15.5. The second-order valence-electron chi connectivity index (χ2n) is 6.30. The molecule has 1 aromatic heterocycles. The van der Waals surface area contributed by atoms with Gasteiger partial charge < -0.3 is 9.47 Å². The van der Waals surface area contributed by atoms with Crippen LogP contribution in [-0.2, 0) is 10.5 Å². The number of hydrogen-bond acceptors (Lipinski definition) is 9.